The number of rotatable bonds is 5. The van der Waals surface area contributed by atoms with Crippen LogP contribution in [0.3, 0.4) is 0 Å². The van der Waals surface area contributed by atoms with Crippen LogP contribution in [-0.4, -0.2) is 57.5 Å². The summed E-state index contributed by atoms with van der Waals surface area (Å²) in [4.78, 5) is 25.9. The van der Waals surface area contributed by atoms with Gasteiger partial charge in [0.2, 0.25) is 11.8 Å². The van der Waals surface area contributed by atoms with Gasteiger partial charge in [-0.15, -0.1) is 0 Å². The molecule has 2 saturated heterocycles. The van der Waals surface area contributed by atoms with Crippen molar-refractivity contribution < 1.29 is 22.7 Å². The number of aromatic nitrogens is 2. The predicted octanol–water partition coefficient (Wildman–Crippen LogP) is 3.63. The van der Waals surface area contributed by atoms with E-state index < -0.39 is 11.7 Å². The van der Waals surface area contributed by atoms with Gasteiger partial charge in [-0.3, -0.25) is 14.7 Å². The Labute approximate surface area is 184 Å². The van der Waals surface area contributed by atoms with Crippen LogP contribution >= 0.6 is 0 Å². The highest BCUT2D eigenvalue weighted by Gasteiger charge is 2.41. The van der Waals surface area contributed by atoms with Crippen molar-refractivity contribution in [3.8, 4) is 5.88 Å². The van der Waals surface area contributed by atoms with Crippen LogP contribution in [0.1, 0.15) is 48.4 Å². The third kappa shape index (κ3) is 4.57. The van der Waals surface area contributed by atoms with E-state index in [1.54, 1.807) is 17.3 Å². The van der Waals surface area contributed by atoms with E-state index >= 15 is 0 Å². The van der Waals surface area contributed by atoms with Gasteiger partial charge in [-0.2, -0.15) is 13.2 Å². The second-order valence-corrected chi connectivity index (χ2v) is 8.85. The van der Waals surface area contributed by atoms with Gasteiger partial charge >= 0.3 is 6.18 Å². The normalized spacial score (nSPS) is 24.3. The number of nitrogens with zero attached hydrogens (tertiary/aromatic N) is 4. The summed E-state index contributed by atoms with van der Waals surface area (Å²) in [5, 5.41) is 0. The minimum atomic E-state index is -4.36. The molecule has 1 saturated carbocycles. The molecule has 2 aliphatic heterocycles. The van der Waals surface area contributed by atoms with Crippen LogP contribution in [0.15, 0.2) is 36.7 Å². The van der Waals surface area contributed by atoms with Crippen LogP contribution in [-0.2, 0) is 17.5 Å². The van der Waals surface area contributed by atoms with Crippen molar-refractivity contribution in [1.82, 2.24) is 19.8 Å². The molecule has 6 nitrogen and oxygen atoms in total. The number of alkyl halides is 3. The number of carbonyl (C=O) groups excluding carboxylic acids is 1. The van der Waals surface area contributed by atoms with Gasteiger partial charge in [0.05, 0.1) is 29.7 Å². The first-order valence-electron chi connectivity index (χ1n) is 11.0. The summed E-state index contributed by atoms with van der Waals surface area (Å²) in [5.74, 6) is 1.02. The molecule has 0 N–H and O–H groups in total. The SMILES string of the molecule is O=C1C2C[C@@H](Oc3cnc(C4CC4)cn3)CN2CCCN1Cc1ccc(C(F)(F)F)cc1. The molecule has 1 aliphatic carbocycles. The molecule has 9 heteroatoms. The summed E-state index contributed by atoms with van der Waals surface area (Å²) in [5.41, 5.74) is 1.02. The van der Waals surface area contributed by atoms with Crippen LogP contribution in [0.2, 0.25) is 0 Å². The van der Waals surface area contributed by atoms with Gasteiger partial charge in [0.25, 0.3) is 0 Å². The summed E-state index contributed by atoms with van der Waals surface area (Å²) < 4.78 is 44.4. The number of halogens is 3. The predicted molar refractivity (Wildman–Crippen MR) is 110 cm³/mol. The molecule has 1 aromatic heterocycles. The molecule has 1 amide bonds. The van der Waals surface area contributed by atoms with Gasteiger partial charge in [-0.25, -0.2) is 4.98 Å². The molecular formula is C23H25F3N4O2. The topological polar surface area (TPSA) is 58.6 Å². The first-order valence-corrected chi connectivity index (χ1v) is 11.0. The molecular weight excluding hydrogens is 421 g/mol. The molecule has 0 spiro atoms. The second kappa shape index (κ2) is 8.35. The van der Waals surface area contributed by atoms with Gasteiger partial charge in [0, 0.05) is 38.5 Å². The first-order chi connectivity index (χ1) is 15.4. The maximum Gasteiger partial charge on any atom is 0.416 e. The van der Waals surface area contributed by atoms with Crippen molar-refractivity contribution >= 4 is 5.91 Å². The first kappa shape index (κ1) is 21.2. The number of benzene rings is 1. The van der Waals surface area contributed by atoms with Gasteiger partial charge in [-0.05, 0) is 37.0 Å². The Bertz CT molecular complexity index is 961. The molecule has 3 heterocycles. The van der Waals surface area contributed by atoms with E-state index in [0.29, 0.717) is 43.4 Å². The fourth-order valence-corrected chi connectivity index (χ4v) is 4.56. The summed E-state index contributed by atoms with van der Waals surface area (Å²) in [6.45, 7) is 2.33. The molecule has 3 fully saturated rings. The Morgan fingerprint density at radius 2 is 1.84 bits per heavy atom. The van der Waals surface area contributed by atoms with Crippen LogP contribution < -0.4 is 4.74 Å². The average molecular weight is 446 g/mol. The summed E-state index contributed by atoms with van der Waals surface area (Å²) in [6.07, 6.45) is 2.64. The monoisotopic (exact) mass is 446 g/mol. The molecule has 32 heavy (non-hydrogen) atoms. The van der Waals surface area contributed by atoms with E-state index in [1.165, 1.54) is 25.0 Å². The number of hydrogen-bond acceptors (Lipinski definition) is 5. The smallest absolute Gasteiger partial charge is 0.416 e. The Hall–Kier alpha value is -2.68. The Morgan fingerprint density at radius 3 is 2.50 bits per heavy atom. The molecule has 170 valence electrons. The lowest BCUT2D eigenvalue weighted by Crippen LogP contribution is -2.42. The van der Waals surface area contributed by atoms with E-state index in [-0.39, 0.29) is 18.1 Å². The fourth-order valence-electron chi connectivity index (χ4n) is 4.56. The Morgan fingerprint density at radius 1 is 1.06 bits per heavy atom. The van der Waals surface area contributed by atoms with E-state index in [0.717, 1.165) is 30.8 Å². The van der Waals surface area contributed by atoms with E-state index in [9.17, 15) is 18.0 Å². The van der Waals surface area contributed by atoms with Crippen LogP contribution in [0.5, 0.6) is 5.88 Å². The molecule has 1 aromatic carbocycles. The molecule has 0 radical (unpaired) electrons. The Kier molecular flexibility index (Phi) is 5.53. The van der Waals surface area contributed by atoms with Gasteiger partial charge < -0.3 is 9.64 Å². The molecule has 2 atom stereocenters. The lowest BCUT2D eigenvalue weighted by Gasteiger charge is -2.25. The van der Waals surface area contributed by atoms with E-state index in [4.69, 9.17) is 4.74 Å². The minimum absolute atomic E-state index is 0.00339. The van der Waals surface area contributed by atoms with Gasteiger partial charge in [0.1, 0.15) is 6.10 Å². The molecule has 0 bridgehead atoms. The second-order valence-electron chi connectivity index (χ2n) is 8.85. The van der Waals surface area contributed by atoms with Crippen molar-refractivity contribution in [2.75, 3.05) is 19.6 Å². The highest BCUT2D eigenvalue weighted by Crippen LogP contribution is 2.38. The molecule has 2 aromatic rings. The summed E-state index contributed by atoms with van der Waals surface area (Å²) >= 11 is 0. The quantitative estimate of drug-likeness (QED) is 0.702. The van der Waals surface area contributed by atoms with Crippen LogP contribution in [0.25, 0.3) is 0 Å². The Balaban J connectivity index is 1.21. The van der Waals surface area contributed by atoms with Gasteiger partial charge in [0.15, 0.2) is 0 Å². The van der Waals surface area contributed by atoms with Crippen molar-refractivity contribution in [3.05, 3.63) is 53.5 Å². The third-order valence-corrected chi connectivity index (χ3v) is 6.42. The highest BCUT2D eigenvalue weighted by molar-refractivity contribution is 5.82. The molecule has 5 rings (SSSR count). The zero-order chi connectivity index (χ0) is 22.3. The zero-order valence-corrected chi connectivity index (χ0v) is 17.6. The van der Waals surface area contributed by atoms with Crippen molar-refractivity contribution in [2.24, 2.45) is 0 Å². The number of ether oxygens (including phenoxy) is 1. The number of fused-ring (bicyclic) bond motifs is 1. The average Bonchev–Trinajstić information content (AvgIpc) is 3.55. The van der Waals surface area contributed by atoms with Crippen molar-refractivity contribution in [1.29, 1.82) is 0 Å². The maximum atomic E-state index is 13.2. The van der Waals surface area contributed by atoms with E-state index in [2.05, 4.69) is 14.9 Å². The fraction of sp³-hybridized carbons (Fsp3) is 0.522. The van der Waals surface area contributed by atoms with Crippen molar-refractivity contribution in [2.45, 2.75) is 56.5 Å². The number of carbonyl (C=O) groups is 1. The minimum Gasteiger partial charge on any atom is -0.472 e. The zero-order valence-electron chi connectivity index (χ0n) is 17.6. The van der Waals surface area contributed by atoms with Crippen LogP contribution in [0.4, 0.5) is 13.2 Å². The number of hydrogen-bond donors (Lipinski definition) is 0. The van der Waals surface area contributed by atoms with E-state index in [1.807, 2.05) is 0 Å². The third-order valence-electron chi connectivity index (χ3n) is 6.42. The standard InChI is InChI=1S/C23H25F3N4O2/c24-23(25,26)17-6-2-15(3-7-17)13-30-9-1-8-29-14-18(10-20(29)22(30)31)32-21-12-27-19(11-28-21)16-4-5-16/h2-3,6-7,11-12,16,18,20H,1,4-5,8-10,13-14H2/t18-,20?/m1/s1. The van der Waals surface area contributed by atoms with Gasteiger partial charge in [-0.1, -0.05) is 12.1 Å². The molecule has 1 unspecified atom stereocenters. The highest BCUT2D eigenvalue weighted by atomic mass is 19.4. The maximum absolute atomic E-state index is 13.2. The molecule has 3 aliphatic rings. The van der Waals surface area contributed by atoms with Crippen molar-refractivity contribution in [3.63, 3.8) is 0 Å². The summed E-state index contributed by atoms with van der Waals surface area (Å²) in [7, 11) is 0. The number of amides is 1. The lowest BCUT2D eigenvalue weighted by molar-refractivity contribution is -0.138. The largest absolute Gasteiger partial charge is 0.472 e. The summed E-state index contributed by atoms with van der Waals surface area (Å²) in [6, 6.07) is 4.75. The lowest BCUT2D eigenvalue weighted by atomic mass is 10.1. The van der Waals surface area contributed by atoms with Crippen LogP contribution in [0, 0.1) is 0 Å².